The first-order valence-corrected chi connectivity index (χ1v) is 9.82. The first-order valence-electron chi connectivity index (χ1n) is 8.21. The van der Waals surface area contributed by atoms with Crippen LogP contribution in [0.15, 0.2) is 51.8 Å². The monoisotopic (exact) mass is 431 g/mol. The number of amides is 2. The molecule has 1 aliphatic rings. The zero-order valence-electron chi connectivity index (χ0n) is 14.5. The molecule has 1 fully saturated rings. The van der Waals surface area contributed by atoms with Gasteiger partial charge < -0.3 is 4.74 Å². The van der Waals surface area contributed by atoms with Crippen LogP contribution in [0.5, 0.6) is 5.75 Å². The van der Waals surface area contributed by atoms with E-state index in [2.05, 4.69) is 15.9 Å². The Balaban J connectivity index is 1.87. The van der Waals surface area contributed by atoms with Gasteiger partial charge in [-0.25, -0.2) is 0 Å². The van der Waals surface area contributed by atoms with E-state index < -0.39 is 0 Å². The highest BCUT2D eigenvalue weighted by Gasteiger charge is 2.35. The van der Waals surface area contributed by atoms with Crippen LogP contribution in [0.4, 0.5) is 4.79 Å². The molecular weight excluding hydrogens is 414 g/mol. The number of nitrogens with zero attached hydrogens (tertiary/aromatic N) is 1. The number of aryl methyl sites for hydroxylation is 1. The highest BCUT2D eigenvalue weighted by Crippen LogP contribution is 2.35. The second-order valence-electron chi connectivity index (χ2n) is 5.87. The number of thioether (sulfide) groups is 1. The molecule has 1 heterocycles. The molecule has 0 bridgehead atoms. The highest BCUT2D eigenvalue weighted by molar-refractivity contribution is 9.10. The molecule has 0 unspecified atom stereocenters. The molecule has 0 atom stereocenters. The number of hydrogen-bond acceptors (Lipinski definition) is 4. The zero-order valence-corrected chi connectivity index (χ0v) is 16.9. The average Bonchev–Trinajstić information content (AvgIpc) is 2.85. The molecule has 0 aliphatic carbocycles. The number of hydrogen-bond donors (Lipinski definition) is 0. The van der Waals surface area contributed by atoms with E-state index in [9.17, 15) is 9.59 Å². The molecule has 6 heteroatoms. The van der Waals surface area contributed by atoms with Gasteiger partial charge in [0.25, 0.3) is 11.1 Å². The van der Waals surface area contributed by atoms with Gasteiger partial charge in [0, 0.05) is 10.0 Å². The molecule has 4 nitrogen and oxygen atoms in total. The van der Waals surface area contributed by atoms with Crippen LogP contribution in [0.2, 0.25) is 0 Å². The van der Waals surface area contributed by atoms with Gasteiger partial charge in [0.1, 0.15) is 5.75 Å². The van der Waals surface area contributed by atoms with Crippen molar-refractivity contribution in [1.82, 2.24) is 4.90 Å². The van der Waals surface area contributed by atoms with Crippen molar-refractivity contribution in [2.75, 3.05) is 6.61 Å². The summed E-state index contributed by atoms with van der Waals surface area (Å²) in [5.41, 5.74) is 2.80. The Morgan fingerprint density at radius 1 is 1.19 bits per heavy atom. The van der Waals surface area contributed by atoms with Crippen LogP contribution in [-0.2, 0) is 11.3 Å². The molecule has 0 radical (unpaired) electrons. The second-order valence-corrected chi connectivity index (χ2v) is 7.78. The number of carbonyl (C=O) groups is 2. The summed E-state index contributed by atoms with van der Waals surface area (Å²) in [5, 5.41) is -0.254. The van der Waals surface area contributed by atoms with Crippen LogP contribution >= 0.6 is 27.7 Å². The Kier molecular flexibility index (Phi) is 5.84. The van der Waals surface area contributed by atoms with Crippen molar-refractivity contribution in [1.29, 1.82) is 0 Å². The molecule has 0 N–H and O–H groups in total. The van der Waals surface area contributed by atoms with Gasteiger partial charge in [0.15, 0.2) is 0 Å². The molecule has 2 aromatic carbocycles. The van der Waals surface area contributed by atoms with Gasteiger partial charge in [0.05, 0.1) is 18.1 Å². The van der Waals surface area contributed by atoms with Gasteiger partial charge in [-0.2, -0.15) is 0 Å². The van der Waals surface area contributed by atoms with Crippen molar-refractivity contribution in [2.45, 2.75) is 20.4 Å². The lowest BCUT2D eigenvalue weighted by Crippen LogP contribution is -2.27. The van der Waals surface area contributed by atoms with Gasteiger partial charge in [-0.1, -0.05) is 45.8 Å². The molecule has 0 spiro atoms. The molecule has 0 saturated carbocycles. The summed E-state index contributed by atoms with van der Waals surface area (Å²) in [6.07, 6.45) is 1.72. The summed E-state index contributed by atoms with van der Waals surface area (Å²) in [4.78, 5) is 26.8. The van der Waals surface area contributed by atoms with Crippen molar-refractivity contribution in [2.24, 2.45) is 0 Å². The molecule has 134 valence electrons. The fourth-order valence-electron chi connectivity index (χ4n) is 2.69. The van der Waals surface area contributed by atoms with Crippen molar-refractivity contribution in [3.05, 3.63) is 68.5 Å². The lowest BCUT2D eigenvalue weighted by molar-refractivity contribution is -0.123. The predicted molar refractivity (Wildman–Crippen MR) is 108 cm³/mol. The van der Waals surface area contributed by atoms with E-state index in [1.807, 2.05) is 56.3 Å². The van der Waals surface area contributed by atoms with Crippen LogP contribution in [0, 0.1) is 6.92 Å². The van der Waals surface area contributed by atoms with Crippen molar-refractivity contribution in [3.8, 4) is 5.75 Å². The Morgan fingerprint density at radius 3 is 2.73 bits per heavy atom. The summed E-state index contributed by atoms with van der Waals surface area (Å²) in [6.45, 7) is 4.69. The third kappa shape index (κ3) is 4.19. The summed E-state index contributed by atoms with van der Waals surface area (Å²) >= 11 is 4.39. The first kappa shape index (κ1) is 18.7. The Hall–Kier alpha value is -2.05. The van der Waals surface area contributed by atoms with E-state index in [4.69, 9.17) is 4.74 Å². The number of carbonyl (C=O) groups excluding carboxylic acids is 2. The van der Waals surface area contributed by atoms with E-state index in [0.717, 1.165) is 32.9 Å². The average molecular weight is 432 g/mol. The second kappa shape index (κ2) is 8.10. The van der Waals surface area contributed by atoms with Crippen LogP contribution in [0.1, 0.15) is 23.6 Å². The van der Waals surface area contributed by atoms with Crippen LogP contribution < -0.4 is 4.74 Å². The normalized spacial score (nSPS) is 15.8. The minimum Gasteiger partial charge on any atom is -0.493 e. The van der Waals surface area contributed by atoms with Gasteiger partial charge in [-0.15, -0.1) is 0 Å². The third-order valence-electron chi connectivity index (χ3n) is 3.86. The standard InChI is InChI=1S/C20H18BrNO3S/c1-3-25-17-8-7-16(21)10-15(17)11-18-19(23)22(20(24)26-18)12-14-6-4-5-13(2)9-14/h4-11H,3,12H2,1-2H3/b18-11+. The van der Waals surface area contributed by atoms with E-state index in [-0.39, 0.29) is 17.7 Å². The topological polar surface area (TPSA) is 46.6 Å². The fourth-order valence-corrected chi connectivity index (χ4v) is 3.90. The van der Waals surface area contributed by atoms with E-state index in [1.54, 1.807) is 6.08 Å². The zero-order chi connectivity index (χ0) is 18.7. The van der Waals surface area contributed by atoms with Gasteiger partial charge in [0.2, 0.25) is 0 Å². The van der Waals surface area contributed by atoms with Crippen LogP contribution in [0.25, 0.3) is 6.08 Å². The predicted octanol–water partition coefficient (Wildman–Crippen LogP) is 5.39. The molecule has 2 amide bonds. The molecular formula is C20H18BrNO3S. The van der Waals surface area contributed by atoms with Gasteiger partial charge in [-0.05, 0) is 55.4 Å². The molecule has 26 heavy (non-hydrogen) atoms. The van der Waals surface area contributed by atoms with Crippen molar-refractivity contribution >= 4 is 44.9 Å². The fraction of sp³-hybridized carbons (Fsp3) is 0.200. The summed E-state index contributed by atoms with van der Waals surface area (Å²) < 4.78 is 6.50. The summed E-state index contributed by atoms with van der Waals surface area (Å²) in [5.74, 6) is 0.408. The molecule has 0 aromatic heterocycles. The SMILES string of the molecule is CCOc1ccc(Br)cc1/C=C1/SC(=O)N(Cc2cccc(C)c2)C1=O. The quantitative estimate of drug-likeness (QED) is 0.595. The molecule has 1 saturated heterocycles. The largest absolute Gasteiger partial charge is 0.493 e. The maximum absolute atomic E-state index is 12.7. The van der Waals surface area contributed by atoms with Crippen LogP contribution in [-0.4, -0.2) is 22.7 Å². The molecule has 1 aliphatic heterocycles. The van der Waals surface area contributed by atoms with E-state index in [1.165, 1.54) is 4.90 Å². The maximum Gasteiger partial charge on any atom is 0.293 e. The highest BCUT2D eigenvalue weighted by atomic mass is 79.9. The summed E-state index contributed by atoms with van der Waals surface area (Å²) in [6, 6.07) is 13.4. The number of halogens is 1. The molecule has 2 aromatic rings. The lowest BCUT2D eigenvalue weighted by atomic mass is 10.1. The minimum absolute atomic E-state index is 0.254. The van der Waals surface area contributed by atoms with Crippen molar-refractivity contribution < 1.29 is 14.3 Å². The molecule has 3 rings (SSSR count). The van der Waals surface area contributed by atoms with Crippen molar-refractivity contribution in [3.63, 3.8) is 0 Å². The number of benzene rings is 2. The number of ether oxygens (including phenoxy) is 1. The lowest BCUT2D eigenvalue weighted by Gasteiger charge is -2.13. The smallest absolute Gasteiger partial charge is 0.293 e. The van der Waals surface area contributed by atoms with Crippen LogP contribution in [0.3, 0.4) is 0 Å². The Morgan fingerprint density at radius 2 is 2.00 bits per heavy atom. The Bertz CT molecular complexity index is 894. The first-order chi connectivity index (χ1) is 12.5. The summed E-state index contributed by atoms with van der Waals surface area (Å²) in [7, 11) is 0. The Labute approximate surface area is 165 Å². The number of imide groups is 1. The van der Waals surface area contributed by atoms with E-state index in [0.29, 0.717) is 17.3 Å². The third-order valence-corrected chi connectivity index (χ3v) is 5.26. The maximum atomic E-state index is 12.7. The van der Waals surface area contributed by atoms with Gasteiger partial charge in [-0.3, -0.25) is 14.5 Å². The van der Waals surface area contributed by atoms with E-state index >= 15 is 0 Å². The number of rotatable bonds is 5. The minimum atomic E-state index is -0.274. The van der Waals surface area contributed by atoms with Gasteiger partial charge >= 0.3 is 0 Å².